The number of hydrogen-bond acceptors (Lipinski definition) is 4. The molecule has 0 aliphatic heterocycles. The molecule has 32 heavy (non-hydrogen) atoms. The molecule has 2 amide bonds. The summed E-state index contributed by atoms with van der Waals surface area (Å²) in [6.45, 7) is -0.299. The van der Waals surface area contributed by atoms with E-state index in [2.05, 4.69) is 5.32 Å². The number of carboxylic acids is 1. The second-order valence-corrected chi connectivity index (χ2v) is 7.88. The third-order valence-electron chi connectivity index (χ3n) is 5.20. The Bertz CT molecular complexity index is 976. The van der Waals surface area contributed by atoms with E-state index in [0.717, 1.165) is 29.3 Å². The molecule has 2 aromatic rings. The van der Waals surface area contributed by atoms with E-state index in [4.69, 9.17) is 9.84 Å². The molecule has 0 bridgehead atoms. The average Bonchev–Trinajstić information content (AvgIpc) is 3.03. The van der Waals surface area contributed by atoms with Crippen molar-refractivity contribution in [2.24, 2.45) is 0 Å². The molecule has 1 aliphatic rings. The van der Waals surface area contributed by atoms with Crippen LogP contribution in [0.2, 0.25) is 0 Å². The van der Waals surface area contributed by atoms with E-state index in [1.54, 1.807) is 0 Å². The summed E-state index contributed by atoms with van der Waals surface area (Å²) < 4.78 is 31.8. The summed E-state index contributed by atoms with van der Waals surface area (Å²) in [6, 6.07) is 13.9. The molecule has 0 saturated carbocycles. The molecule has 0 aromatic heterocycles. The number of benzene rings is 2. The Morgan fingerprint density at radius 3 is 2.12 bits per heavy atom. The van der Waals surface area contributed by atoms with Gasteiger partial charge in [0, 0.05) is 19.9 Å². The van der Waals surface area contributed by atoms with Crippen LogP contribution in [0.5, 0.6) is 0 Å². The van der Waals surface area contributed by atoms with Gasteiger partial charge >= 0.3 is 12.1 Å². The molecular formula is C23H24F2N2O5. The van der Waals surface area contributed by atoms with Crippen LogP contribution in [0.25, 0.3) is 11.1 Å². The predicted molar refractivity (Wildman–Crippen MR) is 113 cm³/mol. The summed E-state index contributed by atoms with van der Waals surface area (Å²) in [7, 11) is 1.12. The van der Waals surface area contributed by atoms with Crippen LogP contribution < -0.4 is 5.32 Å². The van der Waals surface area contributed by atoms with Crippen molar-refractivity contribution in [2.45, 2.75) is 31.2 Å². The van der Waals surface area contributed by atoms with Gasteiger partial charge < -0.3 is 20.1 Å². The third kappa shape index (κ3) is 5.40. The summed E-state index contributed by atoms with van der Waals surface area (Å²) in [5.74, 6) is -5.69. The number of amides is 2. The number of likely N-dealkylation sites (N-methyl/N-ethyl adjacent to an activating group) is 1. The highest BCUT2D eigenvalue weighted by atomic mass is 19.3. The number of rotatable bonds is 8. The molecule has 9 heteroatoms. The number of aliphatic carboxylic acids is 1. The van der Waals surface area contributed by atoms with Crippen molar-refractivity contribution in [2.75, 3.05) is 20.2 Å². The minimum atomic E-state index is -3.16. The Hall–Kier alpha value is -3.49. The maximum atomic E-state index is 13.2. The van der Waals surface area contributed by atoms with Crippen molar-refractivity contribution in [1.29, 1.82) is 0 Å². The zero-order valence-corrected chi connectivity index (χ0v) is 17.7. The van der Waals surface area contributed by atoms with Crippen LogP contribution in [0.1, 0.15) is 30.4 Å². The normalized spacial score (nSPS) is 13.6. The summed E-state index contributed by atoms with van der Waals surface area (Å²) in [5, 5.41) is 11.3. The molecule has 0 radical (unpaired) electrons. The van der Waals surface area contributed by atoms with Crippen molar-refractivity contribution in [3.8, 4) is 11.1 Å². The number of fused-ring (bicyclic) bond motifs is 3. The minimum absolute atomic E-state index is 0.0310. The smallest absolute Gasteiger partial charge is 0.407 e. The van der Waals surface area contributed by atoms with Crippen LogP contribution in [0.15, 0.2) is 48.5 Å². The number of hydrogen-bond donors (Lipinski definition) is 2. The minimum Gasteiger partial charge on any atom is -0.481 e. The van der Waals surface area contributed by atoms with Gasteiger partial charge in [0.15, 0.2) is 0 Å². The van der Waals surface area contributed by atoms with E-state index in [-0.39, 0.29) is 12.5 Å². The van der Waals surface area contributed by atoms with Crippen LogP contribution in [-0.4, -0.2) is 60.1 Å². The number of nitrogens with one attached hydrogen (secondary N) is 1. The second-order valence-electron chi connectivity index (χ2n) is 7.88. The number of ether oxygens (including phenoxy) is 1. The fraction of sp³-hybridized carbons (Fsp3) is 0.348. The van der Waals surface area contributed by atoms with E-state index >= 15 is 0 Å². The molecule has 1 atom stereocenters. The van der Waals surface area contributed by atoms with Gasteiger partial charge in [0.25, 0.3) is 5.92 Å². The van der Waals surface area contributed by atoms with Crippen molar-refractivity contribution < 1.29 is 33.0 Å². The lowest BCUT2D eigenvalue weighted by atomic mass is 9.98. The Kier molecular flexibility index (Phi) is 6.76. The summed E-state index contributed by atoms with van der Waals surface area (Å²) >= 11 is 0. The summed E-state index contributed by atoms with van der Waals surface area (Å²) in [6.07, 6.45) is -1.76. The van der Waals surface area contributed by atoms with Crippen molar-refractivity contribution in [3.05, 3.63) is 59.7 Å². The van der Waals surface area contributed by atoms with Gasteiger partial charge in [0.05, 0.1) is 13.0 Å². The Labute approximate surface area is 184 Å². The maximum Gasteiger partial charge on any atom is 0.407 e. The van der Waals surface area contributed by atoms with Crippen LogP contribution in [-0.2, 0) is 14.3 Å². The first kappa shape index (κ1) is 23.2. The Morgan fingerprint density at radius 2 is 1.62 bits per heavy atom. The predicted octanol–water partition coefficient (Wildman–Crippen LogP) is 3.48. The number of nitrogens with zero attached hydrogens (tertiary/aromatic N) is 1. The van der Waals surface area contributed by atoms with Crippen LogP contribution in [0.4, 0.5) is 13.6 Å². The highest BCUT2D eigenvalue weighted by molar-refractivity contribution is 5.89. The van der Waals surface area contributed by atoms with Gasteiger partial charge in [-0.2, -0.15) is 0 Å². The first-order valence-electron chi connectivity index (χ1n) is 10.0. The lowest BCUT2D eigenvalue weighted by molar-refractivity contribution is -0.143. The molecule has 1 unspecified atom stereocenters. The van der Waals surface area contributed by atoms with E-state index in [1.807, 2.05) is 48.5 Å². The first-order valence-corrected chi connectivity index (χ1v) is 10.0. The summed E-state index contributed by atoms with van der Waals surface area (Å²) in [5.41, 5.74) is 4.06. The van der Waals surface area contributed by atoms with Gasteiger partial charge in [-0.1, -0.05) is 48.5 Å². The van der Waals surface area contributed by atoms with E-state index in [1.165, 1.54) is 0 Å². The summed E-state index contributed by atoms with van der Waals surface area (Å²) in [4.78, 5) is 36.6. The molecule has 1 aliphatic carbocycles. The molecule has 3 rings (SSSR count). The molecule has 0 heterocycles. The van der Waals surface area contributed by atoms with Crippen LogP contribution in [0.3, 0.4) is 0 Å². The SMILES string of the molecule is CN(CC(C)(F)F)C(=O)C(CC(=O)O)NC(=O)OCC1c2ccccc2-c2ccccc21. The highest BCUT2D eigenvalue weighted by Gasteiger charge is 2.33. The Morgan fingerprint density at radius 1 is 1.09 bits per heavy atom. The topological polar surface area (TPSA) is 95.9 Å². The third-order valence-corrected chi connectivity index (χ3v) is 5.20. The monoisotopic (exact) mass is 446 g/mol. The molecule has 0 saturated heterocycles. The number of halogens is 2. The van der Waals surface area contributed by atoms with E-state index in [9.17, 15) is 23.2 Å². The Balaban J connectivity index is 1.68. The van der Waals surface area contributed by atoms with E-state index < -0.39 is 42.9 Å². The number of alkyl carbamates (subject to hydrolysis) is 1. The second kappa shape index (κ2) is 9.33. The molecule has 170 valence electrons. The first-order chi connectivity index (χ1) is 15.1. The molecular weight excluding hydrogens is 422 g/mol. The van der Waals surface area contributed by atoms with Gasteiger partial charge in [-0.05, 0) is 22.3 Å². The number of alkyl halides is 2. The van der Waals surface area contributed by atoms with E-state index in [0.29, 0.717) is 11.8 Å². The quantitative estimate of drug-likeness (QED) is 0.647. The van der Waals surface area contributed by atoms with Crippen LogP contribution >= 0.6 is 0 Å². The largest absolute Gasteiger partial charge is 0.481 e. The molecule has 7 nitrogen and oxygen atoms in total. The number of carboxylic acid groups (broad SMARTS) is 1. The molecule has 0 fully saturated rings. The van der Waals surface area contributed by atoms with Gasteiger partial charge in [-0.3, -0.25) is 9.59 Å². The lowest BCUT2D eigenvalue weighted by Crippen LogP contribution is -2.50. The maximum absolute atomic E-state index is 13.2. The lowest BCUT2D eigenvalue weighted by Gasteiger charge is -2.26. The van der Waals surface area contributed by atoms with Crippen molar-refractivity contribution in [1.82, 2.24) is 10.2 Å². The van der Waals surface area contributed by atoms with Crippen molar-refractivity contribution >= 4 is 18.0 Å². The molecule has 0 spiro atoms. The number of carbonyl (C=O) groups excluding carboxylic acids is 2. The highest BCUT2D eigenvalue weighted by Crippen LogP contribution is 2.44. The van der Waals surface area contributed by atoms with Crippen LogP contribution in [0, 0.1) is 0 Å². The standard InChI is InChI=1S/C23H24F2N2O5/c1-23(24,25)13-27(2)21(30)19(11-20(28)29)26-22(31)32-12-18-16-9-5-3-7-14(16)15-8-4-6-10-17(15)18/h3-10,18-19H,11-13H2,1-2H3,(H,26,31)(H,28,29). The fourth-order valence-corrected chi connectivity index (χ4v) is 3.92. The van der Waals surface area contributed by atoms with Gasteiger partial charge in [0.2, 0.25) is 5.91 Å². The zero-order chi connectivity index (χ0) is 23.5. The number of carbonyl (C=O) groups is 3. The average molecular weight is 446 g/mol. The van der Waals surface area contributed by atoms with Crippen molar-refractivity contribution in [3.63, 3.8) is 0 Å². The zero-order valence-electron chi connectivity index (χ0n) is 17.7. The van der Waals surface area contributed by atoms with Gasteiger partial charge in [-0.15, -0.1) is 0 Å². The van der Waals surface area contributed by atoms with Gasteiger partial charge in [-0.25, -0.2) is 13.6 Å². The fourth-order valence-electron chi connectivity index (χ4n) is 3.92. The molecule has 2 N–H and O–H groups in total. The molecule has 2 aromatic carbocycles. The van der Waals surface area contributed by atoms with Gasteiger partial charge in [0.1, 0.15) is 12.6 Å².